The van der Waals surface area contributed by atoms with E-state index in [-0.39, 0.29) is 34.2 Å². The highest BCUT2D eigenvalue weighted by atomic mass is 79.9. The number of anilines is 1. The van der Waals surface area contributed by atoms with E-state index in [1.807, 2.05) is 0 Å². The molecule has 6 atom stereocenters. The van der Waals surface area contributed by atoms with Gasteiger partial charge in [0.1, 0.15) is 11.5 Å². The largest absolute Gasteiger partial charge is 0.508 e. The third-order valence-corrected chi connectivity index (χ3v) is 10.2. The molecule has 0 saturated heterocycles. The van der Waals surface area contributed by atoms with E-state index in [1.54, 1.807) is 24.1 Å². The third-order valence-electron chi connectivity index (χ3n) is 9.02. The summed E-state index contributed by atoms with van der Waals surface area (Å²) in [5, 5.41) is 19.7. The second kappa shape index (κ2) is 6.63. The lowest BCUT2D eigenvalue weighted by Gasteiger charge is -2.61. The summed E-state index contributed by atoms with van der Waals surface area (Å²) in [6.07, 6.45) is 5.82. The number of nitrogens with zero attached hydrogens (tertiary/aromatic N) is 1. The normalized spacial score (nSPS) is 40.3. The third kappa shape index (κ3) is 2.94. The van der Waals surface area contributed by atoms with E-state index in [0.29, 0.717) is 27.8 Å². The zero-order valence-electron chi connectivity index (χ0n) is 18.2. The van der Waals surface area contributed by atoms with Gasteiger partial charge < -0.3 is 15.1 Å². The van der Waals surface area contributed by atoms with Gasteiger partial charge in [-0.3, -0.25) is 4.79 Å². The van der Waals surface area contributed by atoms with Crippen LogP contribution in [-0.2, 0) is 4.79 Å². The summed E-state index contributed by atoms with van der Waals surface area (Å²) in [5.74, 6) is 1.09. The van der Waals surface area contributed by atoms with Crippen LogP contribution in [0.25, 0.3) is 0 Å². The molecule has 160 valence electrons. The van der Waals surface area contributed by atoms with Crippen molar-refractivity contribution in [3.05, 3.63) is 18.2 Å². The van der Waals surface area contributed by atoms with Gasteiger partial charge in [0.15, 0.2) is 0 Å². The lowest BCUT2D eigenvalue weighted by molar-refractivity contribution is -0.131. The maximum absolute atomic E-state index is 13.6. The first-order chi connectivity index (χ1) is 13.4. The average molecular weight is 464 g/mol. The van der Waals surface area contributed by atoms with Crippen LogP contribution in [0, 0.1) is 34.0 Å². The van der Waals surface area contributed by atoms with Crippen LogP contribution >= 0.6 is 15.9 Å². The molecule has 3 unspecified atom stereocenters. The molecule has 4 nitrogen and oxygen atoms in total. The van der Waals surface area contributed by atoms with Crippen LogP contribution in [0.5, 0.6) is 11.5 Å². The van der Waals surface area contributed by atoms with E-state index >= 15 is 0 Å². The standard InChI is InChI=1S/C24H34BrNO3/c1-14-19(25)12-20-22(2,3)7-6-8-23(20,4)24(14)13-18(24)21(29)26(5)15-9-16(27)11-17(28)10-15/h9-11,14,18-20,27-28H,6-8,12-13H2,1-5H3/t14-,18?,19+,20?,23-,24?/m0/s1. The van der Waals surface area contributed by atoms with Crippen LogP contribution in [0.15, 0.2) is 18.2 Å². The van der Waals surface area contributed by atoms with Crippen LogP contribution < -0.4 is 4.90 Å². The van der Waals surface area contributed by atoms with Gasteiger partial charge in [-0.25, -0.2) is 0 Å². The topological polar surface area (TPSA) is 60.8 Å². The smallest absolute Gasteiger partial charge is 0.230 e. The zero-order chi connectivity index (χ0) is 21.4. The Bertz CT molecular complexity index is 819. The van der Waals surface area contributed by atoms with E-state index in [0.717, 1.165) is 6.42 Å². The predicted octanol–water partition coefficient (Wildman–Crippen LogP) is 5.70. The van der Waals surface area contributed by atoms with Crippen molar-refractivity contribution in [1.29, 1.82) is 0 Å². The predicted molar refractivity (Wildman–Crippen MR) is 119 cm³/mol. The number of carbonyl (C=O) groups is 1. The Kier molecular flexibility index (Phi) is 4.81. The first-order valence-corrected chi connectivity index (χ1v) is 11.8. The maximum Gasteiger partial charge on any atom is 0.230 e. The zero-order valence-corrected chi connectivity index (χ0v) is 19.8. The molecule has 3 saturated carbocycles. The van der Waals surface area contributed by atoms with Crippen molar-refractivity contribution in [3.8, 4) is 11.5 Å². The van der Waals surface area contributed by atoms with E-state index in [4.69, 9.17) is 0 Å². The molecule has 3 aliphatic rings. The molecular weight excluding hydrogens is 430 g/mol. The van der Waals surface area contributed by atoms with Crippen molar-refractivity contribution < 1.29 is 15.0 Å². The number of fused-ring (bicyclic) bond motifs is 2. The molecule has 0 aliphatic heterocycles. The van der Waals surface area contributed by atoms with E-state index in [9.17, 15) is 15.0 Å². The molecule has 0 radical (unpaired) electrons. The lowest BCUT2D eigenvalue weighted by Crippen LogP contribution is -2.56. The van der Waals surface area contributed by atoms with Crippen LogP contribution in [0.4, 0.5) is 5.69 Å². The van der Waals surface area contributed by atoms with Crippen molar-refractivity contribution in [2.24, 2.45) is 34.0 Å². The summed E-state index contributed by atoms with van der Waals surface area (Å²) in [7, 11) is 1.76. The summed E-state index contributed by atoms with van der Waals surface area (Å²) < 4.78 is 0. The first-order valence-electron chi connectivity index (χ1n) is 10.9. The van der Waals surface area contributed by atoms with Gasteiger partial charge >= 0.3 is 0 Å². The fourth-order valence-electron chi connectivity index (χ4n) is 7.39. The Labute approximate surface area is 182 Å². The van der Waals surface area contributed by atoms with E-state index in [2.05, 4.69) is 43.6 Å². The number of hydrogen-bond donors (Lipinski definition) is 2. The SMILES string of the molecule is C[C@H]1[C@H](Br)CC2C(C)(C)CCC[C@]2(C)C12CC2C(=O)N(C)c1cc(O)cc(O)c1. The average Bonchev–Trinajstić information content (AvgIpc) is 3.38. The van der Waals surface area contributed by atoms with Crippen molar-refractivity contribution >= 4 is 27.5 Å². The molecule has 3 fully saturated rings. The second-order valence-corrected chi connectivity index (χ2v) is 11.9. The molecular formula is C24H34BrNO3. The first kappa shape index (κ1) is 21.0. The molecule has 0 bridgehead atoms. The highest BCUT2D eigenvalue weighted by Crippen LogP contribution is 2.78. The quantitative estimate of drug-likeness (QED) is 0.552. The number of aromatic hydroxyl groups is 2. The van der Waals surface area contributed by atoms with Gasteiger partial charge in [-0.15, -0.1) is 0 Å². The number of amides is 1. The van der Waals surface area contributed by atoms with Gasteiger partial charge in [-0.2, -0.15) is 0 Å². The van der Waals surface area contributed by atoms with E-state index in [1.165, 1.54) is 31.7 Å². The van der Waals surface area contributed by atoms with Gasteiger partial charge in [0, 0.05) is 36.0 Å². The summed E-state index contributed by atoms with van der Waals surface area (Å²) >= 11 is 3.99. The van der Waals surface area contributed by atoms with Crippen LogP contribution in [0.1, 0.15) is 59.8 Å². The lowest BCUT2D eigenvalue weighted by atomic mass is 9.44. The Morgan fingerprint density at radius 3 is 2.38 bits per heavy atom. The second-order valence-electron chi connectivity index (χ2n) is 10.8. The number of carbonyl (C=O) groups excluding carboxylic acids is 1. The maximum atomic E-state index is 13.6. The summed E-state index contributed by atoms with van der Waals surface area (Å²) in [5.41, 5.74) is 1.02. The van der Waals surface area contributed by atoms with Gasteiger partial charge in [0.05, 0.1) is 5.69 Å². The molecule has 29 heavy (non-hydrogen) atoms. The summed E-state index contributed by atoms with van der Waals surface area (Å²) in [6, 6.07) is 4.37. The number of phenolic OH excluding ortho intramolecular Hbond substituents is 2. The van der Waals surface area contributed by atoms with Gasteiger partial charge in [-0.05, 0) is 53.8 Å². The van der Waals surface area contributed by atoms with Gasteiger partial charge in [0.25, 0.3) is 0 Å². The molecule has 2 N–H and O–H groups in total. The summed E-state index contributed by atoms with van der Waals surface area (Å²) in [6.45, 7) is 9.62. The molecule has 0 aromatic heterocycles. The minimum Gasteiger partial charge on any atom is -0.508 e. The van der Waals surface area contributed by atoms with Crippen LogP contribution in [0.3, 0.4) is 0 Å². The van der Waals surface area contributed by atoms with Crippen molar-refractivity contribution in [1.82, 2.24) is 0 Å². The van der Waals surface area contributed by atoms with E-state index < -0.39 is 0 Å². The number of halogens is 1. The molecule has 3 aliphatic carbocycles. The van der Waals surface area contributed by atoms with Crippen molar-refractivity contribution in [3.63, 3.8) is 0 Å². The van der Waals surface area contributed by atoms with Crippen LogP contribution in [-0.4, -0.2) is 28.0 Å². The number of hydrogen-bond acceptors (Lipinski definition) is 3. The Balaban J connectivity index is 1.68. The highest BCUT2D eigenvalue weighted by molar-refractivity contribution is 9.09. The Morgan fingerprint density at radius 2 is 1.76 bits per heavy atom. The van der Waals surface area contributed by atoms with Gasteiger partial charge in [0.2, 0.25) is 5.91 Å². The highest BCUT2D eigenvalue weighted by Gasteiger charge is 2.75. The Morgan fingerprint density at radius 1 is 1.14 bits per heavy atom. The minimum absolute atomic E-state index is 0.00579. The van der Waals surface area contributed by atoms with Crippen molar-refractivity contribution in [2.45, 2.75) is 64.6 Å². The van der Waals surface area contributed by atoms with Crippen LogP contribution in [0.2, 0.25) is 0 Å². The number of phenols is 2. The molecule has 1 spiro atoms. The molecule has 5 heteroatoms. The fraction of sp³-hybridized carbons (Fsp3) is 0.708. The number of alkyl halides is 1. The number of benzene rings is 1. The molecule has 4 rings (SSSR count). The van der Waals surface area contributed by atoms with Crippen molar-refractivity contribution in [2.75, 3.05) is 11.9 Å². The summed E-state index contributed by atoms with van der Waals surface area (Å²) in [4.78, 5) is 15.6. The Hall–Kier alpha value is -1.23. The molecule has 1 amide bonds. The molecule has 0 heterocycles. The monoisotopic (exact) mass is 463 g/mol. The van der Waals surface area contributed by atoms with Gasteiger partial charge in [-0.1, -0.05) is 50.0 Å². The molecule has 1 aromatic carbocycles. The molecule has 1 aromatic rings. The number of rotatable bonds is 2. The minimum atomic E-state index is -0.0298. The fourth-order valence-corrected chi connectivity index (χ4v) is 8.23.